The highest BCUT2D eigenvalue weighted by Crippen LogP contribution is 2.21. The fourth-order valence-electron chi connectivity index (χ4n) is 1.66. The van der Waals surface area contributed by atoms with Crippen molar-refractivity contribution in [3.05, 3.63) is 41.7 Å². The van der Waals surface area contributed by atoms with Gasteiger partial charge in [-0.1, -0.05) is 11.6 Å². The molecule has 0 amide bonds. The third kappa shape index (κ3) is 4.15. The lowest BCUT2D eigenvalue weighted by molar-refractivity contribution is 0.305. The molecule has 0 bridgehead atoms. The van der Waals surface area contributed by atoms with E-state index in [1.807, 2.05) is 13.0 Å². The van der Waals surface area contributed by atoms with Crippen LogP contribution in [0.15, 0.2) is 30.4 Å². The molecule has 0 saturated heterocycles. The van der Waals surface area contributed by atoms with E-state index in [1.54, 1.807) is 12.1 Å². The molecule has 0 unspecified atom stereocenters. The Bertz CT molecular complexity index is 427. The van der Waals surface area contributed by atoms with Gasteiger partial charge in [-0.25, -0.2) is 4.39 Å². The third-order valence-corrected chi connectivity index (χ3v) is 2.95. The van der Waals surface area contributed by atoms with Crippen LogP contribution in [0, 0.1) is 5.82 Å². The van der Waals surface area contributed by atoms with E-state index < -0.39 is 0 Å². The van der Waals surface area contributed by atoms with Crippen molar-refractivity contribution in [3.63, 3.8) is 0 Å². The SMILES string of the molecule is C=C(C)CCOc1ccc(CNC2CC2)cc1F. The maximum absolute atomic E-state index is 13.7. The van der Waals surface area contributed by atoms with Crippen molar-refractivity contribution in [1.29, 1.82) is 0 Å². The fourth-order valence-corrected chi connectivity index (χ4v) is 1.66. The van der Waals surface area contributed by atoms with E-state index in [-0.39, 0.29) is 5.82 Å². The normalized spacial score (nSPS) is 14.6. The molecule has 1 fully saturated rings. The largest absolute Gasteiger partial charge is 0.490 e. The molecule has 0 aromatic heterocycles. The molecule has 2 rings (SSSR count). The van der Waals surface area contributed by atoms with Crippen molar-refractivity contribution in [3.8, 4) is 5.75 Å². The number of ether oxygens (including phenoxy) is 1. The Morgan fingerprint density at radius 2 is 2.28 bits per heavy atom. The Balaban J connectivity index is 1.85. The summed E-state index contributed by atoms with van der Waals surface area (Å²) in [6.07, 6.45) is 3.24. The van der Waals surface area contributed by atoms with E-state index in [4.69, 9.17) is 4.74 Å². The maximum atomic E-state index is 13.7. The molecule has 0 aliphatic heterocycles. The van der Waals surface area contributed by atoms with Crippen LogP contribution in [0.3, 0.4) is 0 Å². The number of halogens is 1. The van der Waals surface area contributed by atoms with Gasteiger partial charge in [0.15, 0.2) is 11.6 Å². The van der Waals surface area contributed by atoms with E-state index in [0.29, 0.717) is 18.4 Å². The number of benzene rings is 1. The Morgan fingerprint density at radius 1 is 1.50 bits per heavy atom. The zero-order valence-corrected chi connectivity index (χ0v) is 10.8. The first-order valence-electron chi connectivity index (χ1n) is 6.44. The smallest absolute Gasteiger partial charge is 0.165 e. The minimum Gasteiger partial charge on any atom is -0.490 e. The monoisotopic (exact) mass is 249 g/mol. The number of nitrogens with one attached hydrogen (secondary N) is 1. The minimum atomic E-state index is -0.285. The molecule has 18 heavy (non-hydrogen) atoms. The average molecular weight is 249 g/mol. The summed E-state index contributed by atoms with van der Waals surface area (Å²) < 4.78 is 19.1. The van der Waals surface area contributed by atoms with E-state index in [0.717, 1.165) is 24.1 Å². The number of hydrogen-bond acceptors (Lipinski definition) is 2. The first-order valence-corrected chi connectivity index (χ1v) is 6.44. The Morgan fingerprint density at radius 3 is 2.89 bits per heavy atom. The number of rotatable bonds is 7. The van der Waals surface area contributed by atoms with Gasteiger partial charge in [-0.05, 0) is 37.5 Å². The quantitative estimate of drug-likeness (QED) is 0.748. The molecule has 0 radical (unpaired) electrons. The molecule has 0 heterocycles. The van der Waals surface area contributed by atoms with E-state index in [1.165, 1.54) is 12.8 Å². The van der Waals surface area contributed by atoms with Crippen molar-refractivity contribution < 1.29 is 9.13 Å². The van der Waals surface area contributed by atoms with E-state index >= 15 is 0 Å². The highest BCUT2D eigenvalue weighted by molar-refractivity contribution is 5.29. The molecule has 1 aromatic rings. The van der Waals surface area contributed by atoms with Gasteiger partial charge in [-0.3, -0.25) is 0 Å². The van der Waals surface area contributed by atoms with Gasteiger partial charge in [0.2, 0.25) is 0 Å². The van der Waals surface area contributed by atoms with Gasteiger partial charge in [0.05, 0.1) is 6.61 Å². The summed E-state index contributed by atoms with van der Waals surface area (Å²) in [5.41, 5.74) is 2.01. The zero-order valence-electron chi connectivity index (χ0n) is 10.8. The predicted molar refractivity (Wildman–Crippen MR) is 71.2 cm³/mol. The molecule has 1 saturated carbocycles. The van der Waals surface area contributed by atoms with Crippen LogP contribution in [0.25, 0.3) is 0 Å². The Hall–Kier alpha value is -1.35. The zero-order chi connectivity index (χ0) is 13.0. The molecule has 1 aliphatic carbocycles. The molecular weight excluding hydrogens is 229 g/mol. The lowest BCUT2D eigenvalue weighted by atomic mass is 10.2. The number of hydrogen-bond donors (Lipinski definition) is 1. The second kappa shape index (κ2) is 6.01. The topological polar surface area (TPSA) is 21.3 Å². The lowest BCUT2D eigenvalue weighted by Gasteiger charge is -2.09. The predicted octanol–water partition coefficient (Wildman–Crippen LogP) is 3.42. The summed E-state index contributed by atoms with van der Waals surface area (Å²) in [4.78, 5) is 0. The van der Waals surface area contributed by atoms with Crippen molar-refractivity contribution in [2.24, 2.45) is 0 Å². The summed E-state index contributed by atoms with van der Waals surface area (Å²) in [5.74, 6) is 0.0400. The molecular formula is C15H20FNO. The third-order valence-electron chi connectivity index (χ3n) is 2.95. The van der Waals surface area contributed by atoms with Crippen LogP contribution in [-0.2, 0) is 6.54 Å². The Kier molecular flexibility index (Phi) is 4.37. The van der Waals surface area contributed by atoms with Gasteiger partial charge < -0.3 is 10.1 Å². The molecule has 1 aromatic carbocycles. The van der Waals surface area contributed by atoms with Gasteiger partial charge in [-0.2, -0.15) is 0 Å². The summed E-state index contributed by atoms with van der Waals surface area (Å²) in [6.45, 7) is 6.93. The van der Waals surface area contributed by atoms with Crippen molar-refractivity contribution in [2.45, 2.75) is 38.8 Å². The standard InChI is InChI=1S/C15H20FNO/c1-11(2)7-8-18-15-6-3-12(9-14(15)16)10-17-13-4-5-13/h3,6,9,13,17H,1,4-5,7-8,10H2,2H3. The fraction of sp³-hybridized carbons (Fsp3) is 0.467. The van der Waals surface area contributed by atoms with Crippen molar-refractivity contribution in [1.82, 2.24) is 5.32 Å². The van der Waals surface area contributed by atoms with Crippen LogP contribution in [-0.4, -0.2) is 12.6 Å². The van der Waals surface area contributed by atoms with Gasteiger partial charge >= 0.3 is 0 Å². The molecule has 0 atom stereocenters. The van der Waals surface area contributed by atoms with Gasteiger partial charge in [0, 0.05) is 19.0 Å². The molecule has 1 aliphatic rings. The first-order chi connectivity index (χ1) is 8.65. The highest BCUT2D eigenvalue weighted by Gasteiger charge is 2.20. The van der Waals surface area contributed by atoms with E-state index in [2.05, 4.69) is 11.9 Å². The van der Waals surface area contributed by atoms with E-state index in [9.17, 15) is 4.39 Å². The summed E-state index contributed by atoms with van der Waals surface area (Å²) in [7, 11) is 0. The first kappa shape index (κ1) is 13.1. The molecule has 3 heteroatoms. The van der Waals surface area contributed by atoms with Crippen LogP contribution >= 0.6 is 0 Å². The summed E-state index contributed by atoms with van der Waals surface area (Å²) in [5, 5.41) is 3.36. The summed E-state index contributed by atoms with van der Waals surface area (Å²) in [6, 6.07) is 5.80. The summed E-state index contributed by atoms with van der Waals surface area (Å²) >= 11 is 0. The average Bonchev–Trinajstić information content (AvgIpc) is 3.12. The van der Waals surface area contributed by atoms with Crippen LogP contribution in [0.4, 0.5) is 4.39 Å². The van der Waals surface area contributed by atoms with Gasteiger partial charge in [0.25, 0.3) is 0 Å². The molecule has 98 valence electrons. The minimum absolute atomic E-state index is 0.285. The van der Waals surface area contributed by atoms with Crippen molar-refractivity contribution >= 4 is 0 Å². The molecule has 1 N–H and O–H groups in total. The van der Waals surface area contributed by atoms with Gasteiger partial charge in [0.1, 0.15) is 0 Å². The molecule has 0 spiro atoms. The van der Waals surface area contributed by atoms with Crippen LogP contribution < -0.4 is 10.1 Å². The van der Waals surface area contributed by atoms with Crippen LogP contribution in [0.2, 0.25) is 0 Å². The van der Waals surface area contributed by atoms with Gasteiger partial charge in [-0.15, -0.1) is 6.58 Å². The van der Waals surface area contributed by atoms with Crippen LogP contribution in [0.1, 0.15) is 31.7 Å². The Labute approximate surface area is 108 Å². The maximum Gasteiger partial charge on any atom is 0.165 e. The van der Waals surface area contributed by atoms with Crippen molar-refractivity contribution in [2.75, 3.05) is 6.61 Å². The second-order valence-corrected chi connectivity index (χ2v) is 4.98. The molecule has 2 nitrogen and oxygen atoms in total. The second-order valence-electron chi connectivity index (χ2n) is 4.98. The lowest BCUT2D eigenvalue weighted by Crippen LogP contribution is -2.15. The van der Waals surface area contributed by atoms with Crippen LogP contribution in [0.5, 0.6) is 5.75 Å². The highest BCUT2D eigenvalue weighted by atomic mass is 19.1.